The fourth-order valence-electron chi connectivity index (χ4n) is 3.79. The number of nitrogens with zero attached hydrogens (tertiary/aromatic N) is 2. The number of carbonyl (C=O) groups is 2. The maximum atomic E-state index is 12.2. The molecule has 0 atom stereocenters. The minimum absolute atomic E-state index is 0.0255. The maximum Gasteiger partial charge on any atom is 0.306 e. The van der Waals surface area contributed by atoms with Crippen LogP contribution in [-0.4, -0.2) is 21.7 Å². The van der Waals surface area contributed by atoms with Crippen molar-refractivity contribution in [2.24, 2.45) is 0 Å². The number of thiophene rings is 1. The van der Waals surface area contributed by atoms with E-state index in [4.69, 9.17) is 10.5 Å². The normalized spacial score (nSPS) is 13.6. The maximum absolute atomic E-state index is 12.2. The lowest BCUT2D eigenvalue weighted by molar-refractivity contribution is -0.145. The van der Waals surface area contributed by atoms with Gasteiger partial charge in [-0.05, 0) is 38.2 Å². The number of nitrogens with two attached hydrogens (primary N) is 1. The fourth-order valence-corrected chi connectivity index (χ4v) is 5.08. The van der Waals surface area contributed by atoms with Crippen LogP contribution in [0.25, 0.3) is 10.2 Å². The van der Waals surface area contributed by atoms with Crippen molar-refractivity contribution in [3.63, 3.8) is 0 Å². The molecule has 0 radical (unpaired) electrons. The molecule has 3 aromatic rings. The summed E-state index contributed by atoms with van der Waals surface area (Å²) in [5, 5.41) is 0.968. The van der Waals surface area contributed by atoms with E-state index in [1.54, 1.807) is 23.5 Å². The third-order valence-corrected chi connectivity index (χ3v) is 6.62. The van der Waals surface area contributed by atoms with Crippen molar-refractivity contribution in [1.82, 2.24) is 9.97 Å². The molecule has 2 aromatic heterocycles. The van der Waals surface area contributed by atoms with Gasteiger partial charge >= 0.3 is 5.97 Å². The summed E-state index contributed by atoms with van der Waals surface area (Å²) in [7, 11) is 0. The van der Waals surface area contributed by atoms with Gasteiger partial charge in [-0.25, -0.2) is 9.97 Å². The third-order valence-electron chi connectivity index (χ3n) is 5.43. The number of ketones is 1. The number of carbonyl (C=O) groups excluding carboxylic acids is 2. The van der Waals surface area contributed by atoms with Gasteiger partial charge in [-0.1, -0.05) is 36.2 Å². The van der Waals surface area contributed by atoms with Crippen molar-refractivity contribution in [2.75, 3.05) is 5.73 Å². The molecule has 0 fully saturated rings. The molecule has 30 heavy (non-hydrogen) atoms. The molecule has 6 nitrogen and oxygen atoms in total. The summed E-state index contributed by atoms with van der Waals surface area (Å²) in [6.07, 6.45) is 5.82. The molecular formula is C23H25N3O3S. The Labute approximate surface area is 179 Å². The topological polar surface area (TPSA) is 95.2 Å². The minimum atomic E-state index is -0.445. The first-order chi connectivity index (χ1) is 14.5. The second kappa shape index (κ2) is 8.92. The van der Waals surface area contributed by atoms with Crippen molar-refractivity contribution in [2.45, 2.75) is 58.5 Å². The van der Waals surface area contributed by atoms with E-state index in [2.05, 4.69) is 9.97 Å². The average molecular weight is 424 g/mol. The molecule has 1 aliphatic carbocycles. The Kier molecular flexibility index (Phi) is 6.08. The number of nitrogen functional groups attached to an aromatic ring is 1. The van der Waals surface area contributed by atoms with E-state index < -0.39 is 5.97 Å². The van der Waals surface area contributed by atoms with Crippen LogP contribution in [0.1, 0.15) is 64.3 Å². The first-order valence-corrected chi connectivity index (χ1v) is 11.1. The molecule has 7 heteroatoms. The molecule has 2 heterocycles. The van der Waals surface area contributed by atoms with Crippen LogP contribution in [-0.2, 0) is 29.0 Å². The lowest BCUT2D eigenvalue weighted by atomic mass is 10.1. The summed E-state index contributed by atoms with van der Waals surface area (Å²) < 4.78 is 5.29. The van der Waals surface area contributed by atoms with Gasteiger partial charge < -0.3 is 10.5 Å². The number of hydrogen-bond donors (Lipinski definition) is 1. The number of anilines is 1. The third kappa shape index (κ3) is 4.51. The first-order valence-electron chi connectivity index (χ1n) is 10.3. The molecular weight excluding hydrogens is 398 g/mol. The zero-order chi connectivity index (χ0) is 21.1. The molecule has 1 aliphatic rings. The van der Waals surface area contributed by atoms with Gasteiger partial charge in [0.25, 0.3) is 0 Å². The average Bonchev–Trinajstić information content (AvgIpc) is 2.93. The van der Waals surface area contributed by atoms with Crippen LogP contribution >= 0.6 is 11.3 Å². The Morgan fingerprint density at radius 1 is 1.07 bits per heavy atom. The zero-order valence-corrected chi connectivity index (χ0v) is 17.9. The molecule has 0 saturated carbocycles. The van der Waals surface area contributed by atoms with Crippen LogP contribution in [0, 0.1) is 6.92 Å². The number of rotatable bonds is 6. The van der Waals surface area contributed by atoms with Crippen LogP contribution < -0.4 is 5.73 Å². The SMILES string of the molecule is Cc1ccc(C(=O)CCC(=O)OCc2nc(N)c3c4c(sc3n2)CCCCC4)cc1. The summed E-state index contributed by atoms with van der Waals surface area (Å²) >= 11 is 1.67. The summed E-state index contributed by atoms with van der Waals surface area (Å²) in [6.45, 7) is 1.92. The van der Waals surface area contributed by atoms with Crippen molar-refractivity contribution in [3.05, 3.63) is 51.7 Å². The molecule has 4 rings (SSSR count). The van der Waals surface area contributed by atoms with Gasteiger partial charge in [-0.15, -0.1) is 11.3 Å². The molecule has 156 valence electrons. The quantitative estimate of drug-likeness (QED) is 0.355. The van der Waals surface area contributed by atoms with E-state index in [0.29, 0.717) is 17.2 Å². The number of esters is 1. The number of fused-ring (bicyclic) bond motifs is 3. The molecule has 0 amide bonds. The van der Waals surface area contributed by atoms with E-state index in [1.165, 1.54) is 29.7 Å². The standard InChI is InChI=1S/C23H25N3O3S/c1-14-7-9-15(10-8-14)17(27)11-12-20(28)29-13-19-25-22(24)21-16-5-3-2-4-6-18(16)30-23(21)26-19/h7-10H,2-6,11-13H2,1H3,(H2,24,25,26). The number of hydrogen-bond acceptors (Lipinski definition) is 7. The second-order valence-electron chi connectivity index (χ2n) is 7.72. The van der Waals surface area contributed by atoms with Crippen LogP contribution in [0.5, 0.6) is 0 Å². The summed E-state index contributed by atoms with van der Waals surface area (Å²) in [5.74, 6) is 0.336. The Bertz CT molecular complexity index is 1090. The molecule has 0 unspecified atom stereocenters. The number of ether oxygens (including phenoxy) is 1. The van der Waals surface area contributed by atoms with E-state index >= 15 is 0 Å². The first kappa shape index (κ1) is 20.5. The smallest absolute Gasteiger partial charge is 0.306 e. The Balaban J connectivity index is 1.37. The van der Waals surface area contributed by atoms with Gasteiger partial charge in [0.15, 0.2) is 18.2 Å². The van der Waals surface area contributed by atoms with E-state index in [-0.39, 0.29) is 25.2 Å². The van der Waals surface area contributed by atoms with Crippen molar-refractivity contribution in [1.29, 1.82) is 0 Å². The van der Waals surface area contributed by atoms with E-state index in [9.17, 15) is 9.59 Å². The molecule has 0 aliphatic heterocycles. The summed E-state index contributed by atoms with van der Waals surface area (Å²) in [6, 6.07) is 7.32. The highest BCUT2D eigenvalue weighted by molar-refractivity contribution is 7.19. The van der Waals surface area contributed by atoms with Crippen LogP contribution in [0.2, 0.25) is 0 Å². The molecule has 0 saturated heterocycles. The summed E-state index contributed by atoms with van der Waals surface area (Å²) in [4.78, 5) is 35.5. The number of aryl methyl sites for hydroxylation is 3. The molecule has 1 aromatic carbocycles. The van der Waals surface area contributed by atoms with E-state index in [1.807, 2.05) is 19.1 Å². The second-order valence-corrected chi connectivity index (χ2v) is 8.80. The van der Waals surface area contributed by atoms with Crippen molar-refractivity contribution < 1.29 is 14.3 Å². The van der Waals surface area contributed by atoms with Gasteiger partial charge in [0, 0.05) is 16.9 Å². The van der Waals surface area contributed by atoms with Crippen LogP contribution in [0.3, 0.4) is 0 Å². The summed E-state index contributed by atoms with van der Waals surface area (Å²) in [5.41, 5.74) is 9.21. The van der Waals surface area contributed by atoms with Gasteiger partial charge in [0.2, 0.25) is 0 Å². The van der Waals surface area contributed by atoms with E-state index in [0.717, 1.165) is 28.6 Å². The predicted molar refractivity (Wildman–Crippen MR) is 118 cm³/mol. The lowest BCUT2D eigenvalue weighted by Crippen LogP contribution is -2.10. The Morgan fingerprint density at radius 2 is 1.83 bits per heavy atom. The number of benzene rings is 1. The molecule has 0 bridgehead atoms. The van der Waals surface area contributed by atoms with Gasteiger partial charge in [0.1, 0.15) is 10.6 Å². The number of Topliss-reactive ketones (excluding diaryl/α,β-unsaturated/α-hetero) is 1. The zero-order valence-electron chi connectivity index (χ0n) is 17.1. The minimum Gasteiger partial charge on any atom is -0.457 e. The Morgan fingerprint density at radius 3 is 2.63 bits per heavy atom. The highest BCUT2D eigenvalue weighted by Crippen LogP contribution is 2.37. The highest BCUT2D eigenvalue weighted by Gasteiger charge is 2.19. The number of aromatic nitrogens is 2. The fraction of sp³-hybridized carbons (Fsp3) is 0.391. The predicted octanol–water partition coefficient (Wildman–Crippen LogP) is 4.56. The van der Waals surface area contributed by atoms with Gasteiger partial charge in [-0.3, -0.25) is 9.59 Å². The van der Waals surface area contributed by atoms with Crippen molar-refractivity contribution in [3.8, 4) is 0 Å². The van der Waals surface area contributed by atoms with Crippen LogP contribution in [0.4, 0.5) is 5.82 Å². The molecule has 2 N–H and O–H groups in total. The monoisotopic (exact) mass is 423 g/mol. The van der Waals surface area contributed by atoms with Crippen molar-refractivity contribution >= 4 is 39.1 Å². The molecule has 0 spiro atoms. The lowest BCUT2D eigenvalue weighted by Gasteiger charge is -2.06. The highest BCUT2D eigenvalue weighted by atomic mass is 32.1. The van der Waals surface area contributed by atoms with Crippen LogP contribution in [0.15, 0.2) is 24.3 Å². The van der Waals surface area contributed by atoms with Gasteiger partial charge in [0.05, 0.1) is 11.8 Å². The Hall–Kier alpha value is -2.80. The largest absolute Gasteiger partial charge is 0.457 e. The van der Waals surface area contributed by atoms with Gasteiger partial charge in [-0.2, -0.15) is 0 Å².